The fourth-order valence-corrected chi connectivity index (χ4v) is 3.78. The largest absolute Gasteiger partial charge is 0.353 e. The van der Waals surface area contributed by atoms with Crippen molar-refractivity contribution in [3.8, 4) is 5.82 Å². The maximum Gasteiger partial charge on any atom is 0.191 e. The zero-order valence-electron chi connectivity index (χ0n) is 17.1. The third-order valence-corrected chi connectivity index (χ3v) is 5.43. The minimum Gasteiger partial charge on any atom is -0.353 e. The molecule has 0 amide bonds. The molecule has 0 aliphatic carbocycles. The van der Waals surface area contributed by atoms with Crippen LogP contribution in [-0.4, -0.2) is 51.7 Å². The van der Waals surface area contributed by atoms with Gasteiger partial charge in [0.25, 0.3) is 0 Å². The van der Waals surface area contributed by atoms with E-state index in [0.717, 1.165) is 48.5 Å². The molecular weight excluding hydrogens is 400 g/mol. The van der Waals surface area contributed by atoms with Crippen molar-refractivity contribution in [1.82, 2.24) is 30.2 Å². The lowest BCUT2D eigenvalue weighted by molar-refractivity contribution is 0.648. The second-order valence-electron chi connectivity index (χ2n) is 7.18. The second kappa shape index (κ2) is 9.13. The van der Waals surface area contributed by atoms with Crippen LogP contribution in [-0.2, 0) is 6.54 Å². The van der Waals surface area contributed by atoms with Crippen molar-refractivity contribution in [2.24, 2.45) is 4.99 Å². The molecule has 4 heterocycles. The molecule has 8 nitrogen and oxygen atoms in total. The van der Waals surface area contributed by atoms with Gasteiger partial charge in [-0.15, -0.1) is 0 Å². The van der Waals surface area contributed by atoms with Gasteiger partial charge in [0, 0.05) is 57.5 Å². The van der Waals surface area contributed by atoms with Gasteiger partial charge in [-0.3, -0.25) is 9.56 Å². The smallest absolute Gasteiger partial charge is 0.191 e. The van der Waals surface area contributed by atoms with Gasteiger partial charge in [-0.1, -0.05) is 17.7 Å². The highest BCUT2D eigenvalue weighted by molar-refractivity contribution is 6.32. The van der Waals surface area contributed by atoms with Crippen LogP contribution in [0.5, 0.6) is 0 Å². The summed E-state index contributed by atoms with van der Waals surface area (Å²) in [6, 6.07) is 8.05. The van der Waals surface area contributed by atoms with E-state index in [0.29, 0.717) is 11.6 Å². The van der Waals surface area contributed by atoms with E-state index in [1.165, 1.54) is 0 Å². The van der Waals surface area contributed by atoms with E-state index >= 15 is 0 Å². The van der Waals surface area contributed by atoms with E-state index in [-0.39, 0.29) is 6.04 Å². The van der Waals surface area contributed by atoms with Gasteiger partial charge in [0.15, 0.2) is 5.96 Å². The summed E-state index contributed by atoms with van der Waals surface area (Å²) in [5.41, 5.74) is 1.08. The predicted molar refractivity (Wildman–Crippen MR) is 119 cm³/mol. The number of anilines is 1. The highest BCUT2D eigenvalue weighted by Crippen LogP contribution is 2.25. The number of pyridine rings is 2. The molecule has 1 aliphatic heterocycles. The summed E-state index contributed by atoms with van der Waals surface area (Å²) in [5, 5.41) is 7.54. The first-order valence-corrected chi connectivity index (χ1v) is 10.3. The van der Waals surface area contributed by atoms with Gasteiger partial charge in [0.1, 0.15) is 17.5 Å². The number of aryl methyl sites for hydroxylation is 1. The van der Waals surface area contributed by atoms with Gasteiger partial charge in [-0.25, -0.2) is 15.0 Å². The number of guanidine groups is 1. The molecule has 1 unspecified atom stereocenters. The first-order valence-electron chi connectivity index (χ1n) is 9.92. The van der Waals surface area contributed by atoms with Gasteiger partial charge >= 0.3 is 0 Å². The van der Waals surface area contributed by atoms with Crippen LogP contribution in [0.25, 0.3) is 5.82 Å². The molecule has 9 heteroatoms. The van der Waals surface area contributed by atoms with Crippen molar-refractivity contribution in [2.75, 3.05) is 25.0 Å². The third-order valence-electron chi connectivity index (χ3n) is 5.13. The fourth-order valence-electron chi connectivity index (χ4n) is 3.54. The SMILES string of the molecule is CN=C(NCc1ccc(-n2ccnc2C)nc1)NC1CCN(c2ncccc2Cl)C1. The van der Waals surface area contributed by atoms with Crippen LogP contribution in [0, 0.1) is 6.92 Å². The molecule has 2 N–H and O–H groups in total. The number of nitrogens with zero attached hydrogens (tertiary/aromatic N) is 6. The van der Waals surface area contributed by atoms with E-state index < -0.39 is 0 Å². The van der Waals surface area contributed by atoms with Gasteiger partial charge in [0.05, 0.1) is 5.02 Å². The van der Waals surface area contributed by atoms with E-state index in [9.17, 15) is 0 Å². The van der Waals surface area contributed by atoms with Crippen LogP contribution in [0.3, 0.4) is 0 Å². The maximum absolute atomic E-state index is 6.28. The Balaban J connectivity index is 1.30. The molecule has 1 fully saturated rings. The minimum absolute atomic E-state index is 0.277. The summed E-state index contributed by atoms with van der Waals surface area (Å²) in [4.78, 5) is 19.7. The van der Waals surface area contributed by atoms with Gasteiger partial charge < -0.3 is 15.5 Å². The van der Waals surface area contributed by atoms with Crippen LogP contribution >= 0.6 is 11.6 Å². The van der Waals surface area contributed by atoms with Crippen LogP contribution in [0.1, 0.15) is 17.8 Å². The first kappa shape index (κ1) is 20.2. The normalized spacial score (nSPS) is 16.7. The number of aliphatic imine (C=N–C) groups is 1. The number of hydrogen-bond donors (Lipinski definition) is 2. The summed E-state index contributed by atoms with van der Waals surface area (Å²) < 4.78 is 1.96. The Bertz CT molecular complexity index is 1010. The Morgan fingerprint density at radius 2 is 2.13 bits per heavy atom. The van der Waals surface area contributed by atoms with Crippen LogP contribution in [0.2, 0.25) is 5.02 Å². The van der Waals surface area contributed by atoms with Crippen LogP contribution < -0.4 is 15.5 Å². The molecule has 0 saturated carbocycles. The summed E-state index contributed by atoms with van der Waals surface area (Å²) in [7, 11) is 1.78. The number of nitrogens with one attached hydrogen (secondary N) is 2. The molecule has 3 aromatic rings. The first-order chi connectivity index (χ1) is 14.6. The zero-order chi connectivity index (χ0) is 20.9. The maximum atomic E-state index is 6.28. The molecule has 1 aliphatic rings. The van der Waals surface area contributed by atoms with Crippen molar-refractivity contribution in [3.05, 3.63) is 65.5 Å². The van der Waals surface area contributed by atoms with E-state index in [4.69, 9.17) is 11.6 Å². The van der Waals surface area contributed by atoms with Crippen LogP contribution in [0.15, 0.2) is 54.0 Å². The number of aromatic nitrogens is 4. The van der Waals surface area contributed by atoms with Crippen molar-refractivity contribution in [2.45, 2.75) is 25.9 Å². The Morgan fingerprint density at radius 1 is 1.23 bits per heavy atom. The topological polar surface area (TPSA) is 83.3 Å². The Labute approximate surface area is 181 Å². The van der Waals surface area contributed by atoms with Crippen molar-refractivity contribution in [3.63, 3.8) is 0 Å². The minimum atomic E-state index is 0.277. The average Bonchev–Trinajstić information content (AvgIpc) is 3.41. The summed E-state index contributed by atoms with van der Waals surface area (Å²) >= 11 is 6.28. The molecule has 0 aromatic carbocycles. The highest BCUT2D eigenvalue weighted by Gasteiger charge is 2.25. The molecule has 30 heavy (non-hydrogen) atoms. The van der Waals surface area contributed by atoms with Crippen molar-refractivity contribution in [1.29, 1.82) is 0 Å². The van der Waals surface area contributed by atoms with E-state index in [2.05, 4.69) is 41.5 Å². The molecule has 3 aromatic heterocycles. The Morgan fingerprint density at radius 3 is 2.83 bits per heavy atom. The quantitative estimate of drug-likeness (QED) is 0.484. The molecule has 1 atom stereocenters. The molecule has 1 saturated heterocycles. The lowest BCUT2D eigenvalue weighted by Crippen LogP contribution is -2.44. The average molecular weight is 425 g/mol. The molecule has 156 valence electrons. The zero-order valence-corrected chi connectivity index (χ0v) is 17.8. The number of halogens is 1. The van der Waals surface area contributed by atoms with Gasteiger partial charge in [-0.05, 0) is 37.1 Å². The molecule has 0 spiro atoms. The summed E-state index contributed by atoms with van der Waals surface area (Å²) in [6.07, 6.45) is 8.32. The summed E-state index contributed by atoms with van der Waals surface area (Å²) in [5.74, 6) is 3.38. The lowest BCUT2D eigenvalue weighted by atomic mass is 10.2. The monoisotopic (exact) mass is 424 g/mol. The van der Waals surface area contributed by atoms with Gasteiger partial charge in [0.2, 0.25) is 0 Å². The third kappa shape index (κ3) is 4.54. The van der Waals surface area contributed by atoms with Crippen molar-refractivity contribution >= 4 is 23.4 Å². The molecule has 4 rings (SSSR count). The number of imidazole rings is 1. The van der Waals surface area contributed by atoms with Crippen LogP contribution in [0.4, 0.5) is 5.82 Å². The highest BCUT2D eigenvalue weighted by atomic mass is 35.5. The second-order valence-corrected chi connectivity index (χ2v) is 7.59. The van der Waals surface area contributed by atoms with E-state index in [1.807, 2.05) is 42.1 Å². The van der Waals surface area contributed by atoms with Gasteiger partial charge in [-0.2, -0.15) is 0 Å². The summed E-state index contributed by atoms with van der Waals surface area (Å²) in [6.45, 7) is 4.33. The van der Waals surface area contributed by atoms with E-state index in [1.54, 1.807) is 19.4 Å². The standard InChI is InChI=1S/C21H25ClN8/c1-15-24-9-11-30(15)19-6-5-16(12-26-19)13-27-21(23-2)28-17-7-10-29(14-17)20-18(22)4-3-8-25-20/h3-6,8-9,11-12,17H,7,10,13-14H2,1-2H3,(H2,23,27,28). The lowest BCUT2D eigenvalue weighted by Gasteiger charge is -2.20. The molecule has 0 bridgehead atoms. The molecule has 0 radical (unpaired) electrons. The Hall–Kier alpha value is -3.13. The number of rotatable bonds is 5. The predicted octanol–water partition coefficient (Wildman–Crippen LogP) is 2.57. The fraction of sp³-hybridized carbons (Fsp3) is 0.333. The molecular formula is C21H25ClN8. The van der Waals surface area contributed by atoms with Crippen molar-refractivity contribution < 1.29 is 0 Å². The number of hydrogen-bond acceptors (Lipinski definition) is 5. The Kier molecular flexibility index (Phi) is 6.13.